The number of nitrogens with zero attached hydrogens (tertiary/aromatic N) is 2. The zero-order valence-electron chi connectivity index (χ0n) is 10.0. The van der Waals surface area contributed by atoms with Gasteiger partial charge in [-0.05, 0) is 53.8 Å². The first-order valence-corrected chi connectivity index (χ1v) is 6.77. The Bertz CT molecular complexity index is 570. The van der Waals surface area contributed by atoms with Crippen molar-refractivity contribution in [1.29, 1.82) is 0 Å². The summed E-state index contributed by atoms with van der Waals surface area (Å²) < 4.78 is 2.95. The van der Waals surface area contributed by atoms with E-state index in [9.17, 15) is 4.79 Å². The molecule has 2 aromatic rings. The lowest BCUT2D eigenvalue weighted by Gasteiger charge is -1.95. The van der Waals surface area contributed by atoms with Gasteiger partial charge in [-0.15, -0.1) is 0 Å². The molecule has 0 aliphatic rings. The van der Waals surface area contributed by atoms with E-state index < -0.39 is 0 Å². The third kappa shape index (κ3) is 3.29. The quantitative estimate of drug-likeness (QED) is 0.480. The maximum absolute atomic E-state index is 11.9. The van der Waals surface area contributed by atoms with E-state index in [2.05, 4.69) is 27.7 Å². The van der Waals surface area contributed by atoms with Crippen LogP contribution >= 0.6 is 22.6 Å². The first kappa shape index (κ1) is 13.0. The summed E-state index contributed by atoms with van der Waals surface area (Å²) in [6.45, 7) is 2.86. The number of ketones is 1. The van der Waals surface area contributed by atoms with Gasteiger partial charge in [0.05, 0.1) is 6.20 Å². The van der Waals surface area contributed by atoms with Crippen molar-refractivity contribution in [2.75, 3.05) is 0 Å². The second-order valence-electron chi connectivity index (χ2n) is 3.83. The Kier molecular flexibility index (Phi) is 4.30. The summed E-state index contributed by atoms with van der Waals surface area (Å²) in [5.41, 5.74) is 1.64. The van der Waals surface area contributed by atoms with Crippen LogP contribution in [0, 0.1) is 3.57 Å². The SMILES string of the molecule is CCn1cc(/C=C/C(=O)c2ccc(I)cc2)cn1. The lowest BCUT2D eigenvalue weighted by molar-refractivity contribution is 0.104. The van der Waals surface area contributed by atoms with Crippen molar-refractivity contribution in [1.82, 2.24) is 9.78 Å². The fourth-order valence-electron chi connectivity index (χ4n) is 1.52. The molecule has 3 nitrogen and oxygen atoms in total. The second kappa shape index (κ2) is 5.95. The number of hydrogen-bond acceptors (Lipinski definition) is 2. The summed E-state index contributed by atoms with van der Waals surface area (Å²) in [5, 5.41) is 4.15. The Labute approximate surface area is 120 Å². The topological polar surface area (TPSA) is 34.9 Å². The van der Waals surface area contributed by atoms with Gasteiger partial charge in [0.25, 0.3) is 0 Å². The Balaban J connectivity index is 2.09. The van der Waals surface area contributed by atoms with E-state index in [1.165, 1.54) is 0 Å². The van der Waals surface area contributed by atoms with E-state index in [1.54, 1.807) is 18.3 Å². The molecule has 0 aliphatic carbocycles. The molecule has 1 aromatic heterocycles. The van der Waals surface area contributed by atoms with E-state index in [0.29, 0.717) is 5.56 Å². The predicted octanol–water partition coefficient (Wildman–Crippen LogP) is 3.40. The van der Waals surface area contributed by atoms with Gasteiger partial charge in [-0.3, -0.25) is 9.48 Å². The lowest BCUT2D eigenvalue weighted by atomic mass is 10.1. The number of hydrogen-bond donors (Lipinski definition) is 0. The van der Waals surface area contributed by atoms with Gasteiger partial charge in [0, 0.05) is 27.4 Å². The van der Waals surface area contributed by atoms with E-state index in [4.69, 9.17) is 0 Å². The summed E-state index contributed by atoms with van der Waals surface area (Å²) in [6.07, 6.45) is 7.04. The van der Waals surface area contributed by atoms with Crippen molar-refractivity contribution in [2.45, 2.75) is 13.5 Å². The lowest BCUT2D eigenvalue weighted by Crippen LogP contribution is -1.93. The van der Waals surface area contributed by atoms with Gasteiger partial charge in [0.15, 0.2) is 5.78 Å². The first-order chi connectivity index (χ1) is 8.69. The van der Waals surface area contributed by atoms with Crippen LogP contribution in [0.5, 0.6) is 0 Å². The van der Waals surface area contributed by atoms with Crippen LogP contribution in [-0.4, -0.2) is 15.6 Å². The molecule has 92 valence electrons. The molecular weight excluding hydrogens is 339 g/mol. The Hall–Kier alpha value is -1.43. The maximum Gasteiger partial charge on any atom is 0.185 e. The molecule has 0 saturated carbocycles. The largest absolute Gasteiger partial charge is 0.289 e. The minimum atomic E-state index is 0.00986. The molecule has 0 spiro atoms. The van der Waals surface area contributed by atoms with Crippen molar-refractivity contribution in [3.63, 3.8) is 0 Å². The monoisotopic (exact) mass is 352 g/mol. The first-order valence-electron chi connectivity index (χ1n) is 5.69. The number of aryl methyl sites for hydroxylation is 1. The summed E-state index contributed by atoms with van der Waals surface area (Å²) in [6, 6.07) is 7.53. The standard InChI is InChI=1S/C14H13IN2O/c1-2-17-10-11(9-16-17)3-8-14(18)12-4-6-13(15)7-5-12/h3-10H,2H2,1H3/b8-3+. The van der Waals surface area contributed by atoms with Crippen LogP contribution in [0.4, 0.5) is 0 Å². The highest BCUT2D eigenvalue weighted by Gasteiger charge is 2.01. The number of halogens is 1. The third-order valence-electron chi connectivity index (χ3n) is 2.53. The smallest absolute Gasteiger partial charge is 0.185 e. The highest BCUT2D eigenvalue weighted by atomic mass is 127. The van der Waals surface area contributed by atoms with Crippen LogP contribution in [-0.2, 0) is 6.54 Å². The van der Waals surface area contributed by atoms with Gasteiger partial charge in [0.1, 0.15) is 0 Å². The molecule has 0 bridgehead atoms. The molecule has 0 N–H and O–H groups in total. The minimum Gasteiger partial charge on any atom is -0.289 e. The minimum absolute atomic E-state index is 0.00986. The fraction of sp³-hybridized carbons (Fsp3) is 0.143. The summed E-state index contributed by atoms with van der Waals surface area (Å²) in [7, 11) is 0. The molecule has 0 radical (unpaired) electrons. The molecule has 0 amide bonds. The molecule has 0 fully saturated rings. The summed E-state index contributed by atoms with van der Waals surface area (Å²) in [5.74, 6) is 0.00986. The van der Waals surface area contributed by atoms with E-state index in [1.807, 2.05) is 42.1 Å². The number of carbonyl (C=O) groups excluding carboxylic acids is 1. The molecule has 2 rings (SSSR count). The molecule has 0 saturated heterocycles. The zero-order valence-corrected chi connectivity index (χ0v) is 12.2. The molecule has 0 atom stereocenters. The highest BCUT2D eigenvalue weighted by molar-refractivity contribution is 14.1. The van der Waals surface area contributed by atoms with Gasteiger partial charge >= 0.3 is 0 Å². The van der Waals surface area contributed by atoms with E-state index in [-0.39, 0.29) is 5.78 Å². The number of benzene rings is 1. The van der Waals surface area contributed by atoms with Crippen LogP contribution in [0.2, 0.25) is 0 Å². The molecular formula is C14H13IN2O. The van der Waals surface area contributed by atoms with Crippen LogP contribution in [0.15, 0.2) is 42.7 Å². The van der Waals surface area contributed by atoms with Gasteiger partial charge < -0.3 is 0 Å². The fourth-order valence-corrected chi connectivity index (χ4v) is 1.88. The normalized spacial score (nSPS) is 11.0. The summed E-state index contributed by atoms with van der Waals surface area (Å²) >= 11 is 2.22. The van der Waals surface area contributed by atoms with Gasteiger partial charge in [-0.25, -0.2) is 0 Å². The Morgan fingerprint density at radius 3 is 2.72 bits per heavy atom. The number of allylic oxidation sites excluding steroid dienone is 1. The van der Waals surface area contributed by atoms with Crippen molar-refractivity contribution in [3.05, 3.63) is 57.4 Å². The van der Waals surface area contributed by atoms with Crippen LogP contribution in [0.1, 0.15) is 22.8 Å². The van der Waals surface area contributed by atoms with Gasteiger partial charge in [-0.2, -0.15) is 5.10 Å². The van der Waals surface area contributed by atoms with Crippen molar-refractivity contribution >= 4 is 34.5 Å². The van der Waals surface area contributed by atoms with Crippen LogP contribution in [0.3, 0.4) is 0 Å². The van der Waals surface area contributed by atoms with Crippen molar-refractivity contribution < 1.29 is 4.79 Å². The molecule has 1 aromatic carbocycles. The predicted molar refractivity (Wildman–Crippen MR) is 80.4 cm³/mol. The Morgan fingerprint density at radius 2 is 2.11 bits per heavy atom. The average Bonchev–Trinajstić information content (AvgIpc) is 2.85. The van der Waals surface area contributed by atoms with Crippen LogP contribution < -0.4 is 0 Å². The number of carbonyl (C=O) groups is 1. The average molecular weight is 352 g/mol. The van der Waals surface area contributed by atoms with E-state index >= 15 is 0 Å². The van der Waals surface area contributed by atoms with Crippen LogP contribution in [0.25, 0.3) is 6.08 Å². The molecule has 18 heavy (non-hydrogen) atoms. The molecule has 1 heterocycles. The van der Waals surface area contributed by atoms with E-state index in [0.717, 1.165) is 15.7 Å². The van der Waals surface area contributed by atoms with Gasteiger partial charge in [-0.1, -0.05) is 12.1 Å². The summed E-state index contributed by atoms with van der Waals surface area (Å²) in [4.78, 5) is 11.9. The maximum atomic E-state index is 11.9. The second-order valence-corrected chi connectivity index (χ2v) is 5.08. The number of aromatic nitrogens is 2. The van der Waals surface area contributed by atoms with Crippen molar-refractivity contribution in [3.8, 4) is 0 Å². The zero-order chi connectivity index (χ0) is 13.0. The molecule has 0 unspecified atom stereocenters. The van der Waals surface area contributed by atoms with Crippen molar-refractivity contribution in [2.24, 2.45) is 0 Å². The third-order valence-corrected chi connectivity index (χ3v) is 3.25. The van der Waals surface area contributed by atoms with Gasteiger partial charge in [0.2, 0.25) is 0 Å². The highest BCUT2D eigenvalue weighted by Crippen LogP contribution is 2.09. The number of rotatable bonds is 4. The molecule has 0 aliphatic heterocycles. The molecule has 4 heteroatoms. The Morgan fingerprint density at radius 1 is 1.39 bits per heavy atom.